The Kier molecular flexibility index (Phi) is 5.96. The lowest BCUT2D eigenvalue weighted by molar-refractivity contribution is -0.384. The molecule has 0 saturated carbocycles. The van der Waals surface area contributed by atoms with Crippen molar-refractivity contribution in [2.24, 2.45) is 5.10 Å². The number of nitrogens with one attached hydrogen (secondary N) is 1. The zero-order valence-corrected chi connectivity index (χ0v) is 17.2. The smallest absolute Gasteiger partial charge is 0.271 e. The standard InChI is InChI=1S/C22H22N4O4/c1-14-8-9-19(26(28)29)12-21(14)25-15(2)10-18(16(25)3)13-23-24-22(27)17-6-5-7-20(11-17)30-4/h5-13H,1-4H3,(H,24,27)/b23-13-. The van der Waals surface area contributed by atoms with E-state index in [1.807, 2.05) is 31.4 Å². The molecule has 3 rings (SSSR count). The van der Waals surface area contributed by atoms with Crippen LogP contribution in [0.25, 0.3) is 5.69 Å². The van der Waals surface area contributed by atoms with Gasteiger partial charge >= 0.3 is 0 Å². The van der Waals surface area contributed by atoms with E-state index in [9.17, 15) is 14.9 Å². The van der Waals surface area contributed by atoms with Gasteiger partial charge in [0.1, 0.15) is 5.75 Å². The highest BCUT2D eigenvalue weighted by molar-refractivity contribution is 5.95. The number of nitrogens with zero attached hydrogens (tertiary/aromatic N) is 3. The van der Waals surface area contributed by atoms with E-state index < -0.39 is 4.92 Å². The van der Waals surface area contributed by atoms with Crippen molar-refractivity contribution in [2.45, 2.75) is 20.8 Å². The lowest BCUT2D eigenvalue weighted by Crippen LogP contribution is -2.17. The molecule has 0 bridgehead atoms. The number of nitro groups is 1. The number of non-ortho nitro benzene ring substituents is 1. The molecule has 0 radical (unpaired) electrons. The Morgan fingerprint density at radius 3 is 2.63 bits per heavy atom. The number of hydrazone groups is 1. The summed E-state index contributed by atoms with van der Waals surface area (Å²) in [5, 5.41) is 15.2. The molecule has 3 aromatic rings. The number of aromatic nitrogens is 1. The van der Waals surface area contributed by atoms with E-state index in [-0.39, 0.29) is 11.6 Å². The lowest BCUT2D eigenvalue weighted by Gasteiger charge is -2.12. The zero-order chi connectivity index (χ0) is 21.8. The molecular weight excluding hydrogens is 384 g/mol. The van der Waals surface area contributed by atoms with Crippen LogP contribution in [0, 0.1) is 30.9 Å². The molecule has 0 fully saturated rings. The highest BCUT2D eigenvalue weighted by Gasteiger charge is 2.15. The lowest BCUT2D eigenvalue weighted by atomic mass is 10.1. The van der Waals surface area contributed by atoms with E-state index in [1.54, 1.807) is 42.6 Å². The van der Waals surface area contributed by atoms with Crippen LogP contribution in [0.15, 0.2) is 53.6 Å². The van der Waals surface area contributed by atoms with Crippen molar-refractivity contribution in [3.8, 4) is 11.4 Å². The Balaban J connectivity index is 1.85. The van der Waals surface area contributed by atoms with Gasteiger partial charge in [-0.3, -0.25) is 14.9 Å². The monoisotopic (exact) mass is 406 g/mol. The van der Waals surface area contributed by atoms with E-state index in [0.717, 1.165) is 28.2 Å². The summed E-state index contributed by atoms with van der Waals surface area (Å²) in [6.45, 7) is 5.72. The average molecular weight is 406 g/mol. The summed E-state index contributed by atoms with van der Waals surface area (Å²) in [7, 11) is 1.54. The predicted molar refractivity (Wildman–Crippen MR) is 115 cm³/mol. The zero-order valence-electron chi connectivity index (χ0n) is 17.2. The fraction of sp³-hybridized carbons (Fsp3) is 0.182. The normalized spacial score (nSPS) is 10.9. The van der Waals surface area contributed by atoms with E-state index in [2.05, 4.69) is 10.5 Å². The molecule has 0 aliphatic rings. The second-order valence-electron chi connectivity index (χ2n) is 6.82. The molecular formula is C22H22N4O4. The van der Waals surface area contributed by atoms with Gasteiger partial charge in [-0.25, -0.2) is 5.43 Å². The van der Waals surface area contributed by atoms with Crippen molar-refractivity contribution in [3.63, 3.8) is 0 Å². The number of nitro benzene ring substituents is 1. The molecule has 0 spiro atoms. The maximum absolute atomic E-state index is 12.3. The molecule has 30 heavy (non-hydrogen) atoms. The van der Waals surface area contributed by atoms with Crippen LogP contribution in [-0.2, 0) is 0 Å². The Morgan fingerprint density at radius 2 is 1.93 bits per heavy atom. The molecule has 0 aliphatic heterocycles. The van der Waals surface area contributed by atoms with Crippen molar-refractivity contribution in [1.29, 1.82) is 0 Å². The van der Waals surface area contributed by atoms with Gasteiger partial charge in [0.25, 0.3) is 11.6 Å². The van der Waals surface area contributed by atoms with Crippen LogP contribution in [0.5, 0.6) is 5.75 Å². The summed E-state index contributed by atoms with van der Waals surface area (Å²) in [5.41, 5.74) is 7.17. The molecule has 154 valence electrons. The first kappa shape index (κ1) is 20.8. The third kappa shape index (κ3) is 4.22. The van der Waals surface area contributed by atoms with E-state index in [1.165, 1.54) is 13.2 Å². The van der Waals surface area contributed by atoms with Crippen molar-refractivity contribution >= 4 is 17.8 Å². The van der Waals surface area contributed by atoms with Gasteiger partial charge in [0, 0.05) is 34.6 Å². The van der Waals surface area contributed by atoms with Gasteiger partial charge in [-0.2, -0.15) is 5.10 Å². The second kappa shape index (κ2) is 8.60. The number of carbonyl (C=O) groups excluding carboxylic acids is 1. The Bertz CT molecular complexity index is 1150. The summed E-state index contributed by atoms with van der Waals surface area (Å²) in [6, 6.07) is 13.5. The van der Waals surface area contributed by atoms with Crippen LogP contribution in [0.3, 0.4) is 0 Å². The quantitative estimate of drug-likeness (QED) is 0.379. The maximum atomic E-state index is 12.3. The molecule has 8 nitrogen and oxygen atoms in total. The molecule has 0 saturated heterocycles. The minimum atomic E-state index is -0.409. The molecule has 1 aromatic heterocycles. The molecule has 8 heteroatoms. The molecule has 1 amide bonds. The Hall–Kier alpha value is -3.94. The second-order valence-corrected chi connectivity index (χ2v) is 6.82. The third-order valence-electron chi connectivity index (χ3n) is 4.82. The Labute approximate surface area is 173 Å². The molecule has 1 N–H and O–H groups in total. The van der Waals surface area contributed by atoms with Crippen LogP contribution in [0.1, 0.15) is 32.9 Å². The first-order chi connectivity index (χ1) is 14.3. The van der Waals surface area contributed by atoms with Gasteiger partial charge in [-0.05, 0) is 50.6 Å². The number of hydrogen-bond acceptors (Lipinski definition) is 5. The summed E-state index contributed by atoms with van der Waals surface area (Å²) < 4.78 is 7.06. The topological polar surface area (TPSA) is 98.8 Å². The minimum absolute atomic E-state index is 0.0314. The van der Waals surface area contributed by atoms with E-state index in [0.29, 0.717) is 11.3 Å². The van der Waals surface area contributed by atoms with Crippen LogP contribution in [-0.4, -0.2) is 28.7 Å². The van der Waals surface area contributed by atoms with Crippen LogP contribution in [0.4, 0.5) is 5.69 Å². The number of methoxy groups -OCH3 is 1. The largest absolute Gasteiger partial charge is 0.497 e. The summed E-state index contributed by atoms with van der Waals surface area (Å²) in [6.07, 6.45) is 1.56. The number of amides is 1. The molecule has 1 heterocycles. The highest BCUT2D eigenvalue weighted by Crippen LogP contribution is 2.26. The van der Waals surface area contributed by atoms with E-state index >= 15 is 0 Å². The van der Waals surface area contributed by atoms with Crippen molar-refractivity contribution in [2.75, 3.05) is 7.11 Å². The average Bonchev–Trinajstić information content (AvgIpc) is 3.01. The SMILES string of the molecule is COc1cccc(C(=O)N/N=C\c2cc(C)n(-c3cc([N+](=O)[O-])ccc3C)c2C)c1. The number of hydrogen-bond donors (Lipinski definition) is 1. The summed E-state index contributed by atoms with van der Waals surface area (Å²) in [4.78, 5) is 23.0. The maximum Gasteiger partial charge on any atom is 0.271 e. The molecule has 2 aromatic carbocycles. The molecule has 0 aliphatic carbocycles. The van der Waals surface area contributed by atoms with Crippen LogP contribution >= 0.6 is 0 Å². The van der Waals surface area contributed by atoms with Gasteiger partial charge in [0.15, 0.2) is 0 Å². The van der Waals surface area contributed by atoms with Gasteiger partial charge in [-0.1, -0.05) is 12.1 Å². The van der Waals surface area contributed by atoms with Gasteiger partial charge < -0.3 is 9.30 Å². The fourth-order valence-electron chi connectivity index (χ4n) is 3.23. The van der Waals surface area contributed by atoms with Crippen LogP contribution < -0.4 is 10.2 Å². The number of aryl methyl sites for hydroxylation is 2. The first-order valence-corrected chi connectivity index (χ1v) is 9.23. The molecule has 0 atom stereocenters. The van der Waals surface area contributed by atoms with Gasteiger partial charge in [0.05, 0.1) is 23.9 Å². The number of ether oxygens (including phenoxy) is 1. The summed E-state index contributed by atoms with van der Waals surface area (Å²) >= 11 is 0. The number of rotatable bonds is 6. The van der Waals surface area contributed by atoms with Crippen molar-refractivity contribution < 1.29 is 14.5 Å². The van der Waals surface area contributed by atoms with Crippen molar-refractivity contribution in [3.05, 3.63) is 86.7 Å². The highest BCUT2D eigenvalue weighted by atomic mass is 16.6. The van der Waals surface area contributed by atoms with Crippen LogP contribution in [0.2, 0.25) is 0 Å². The predicted octanol–water partition coefficient (Wildman–Crippen LogP) is 4.08. The number of benzene rings is 2. The summed E-state index contributed by atoms with van der Waals surface area (Å²) in [5.74, 6) is 0.232. The minimum Gasteiger partial charge on any atom is -0.497 e. The molecule has 0 unspecified atom stereocenters. The third-order valence-corrected chi connectivity index (χ3v) is 4.82. The van der Waals surface area contributed by atoms with Gasteiger partial charge in [-0.15, -0.1) is 0 Å². The van der Waals surface area contributed by atoms with E-state index in [4.69, 9.17) is 4.74 Å². The number of carbonyl (C=O) groups is 1. The van der Waals surface area contributed by atoms with Crippen molar-refractivity contribution in [1.82, 2.24) is 9.99 Å². The van der Waals surface area contributed by atoms with Gasteiger partial charge in [0.2, 0.25) is 0 Å². The fourth-order valence-corrected chi connectivity index (χ4v) is 3.23. The Morgan fingerprint density at radius 1 is 1.17 bits per heavy atom. The first-order valence-electron chi connectivity index (χ1n) is 9.23.